The summed E-state index contributed by atoms with van der Waals surface area (Å²) in [5.41, 5.74) is 5.88. The van der Waals surface area contributed by atoms with Crippen LogP contribution in [0.5, 0.6) is 0 Å². The van der Waals surface area contributed by atoms with Gasteiger partial charge in [0.05, 0.1) is 17.6 Å². The maximum atomic E-state index is 13.6. The Balaban J connectivity index is 1.68. The number of nitrogens with zero attached hydrogens (tertiary/aromatic N) is 5. The van der Waals surface area contributed by atoms with Gasteiger partial charge in [-0.05, 0) is 31.0 Å². The lowest BCUT2D eigenvalue weighted by Gasteiger charge is -2.08. The van der Waals surface area contributed by atoms with Gasteiger partial charge in [-0.1, -0.05) is 68.1 Å². The number of hydrogen-bond acceptors (Lipinski definition) is 4. The first-order chi connectivity index (χ1) is 15.7. The Kier molecular flexibility index (Phi) is 5.43. The molecule has 6 heteroatoms. The van der Waals surface area contributed by atoms with Gasteiger partial charge < -0.3 is 4.57 Å². The minimum absolute atomic E-state index is 0.0718. The lowest BCUT2D eigenvalue weighted by molar-refractivity contribution is 0.597. The van der Waals surface area contributed by atoms with Crippen LogP contribution < -0.4 is 5.56 Å². The van der Waals surface area contributed by atoms with Crippen LogP contribution >= 0.6 is 0 Å². The van der Waals surface area contributed by atoms with Crippen molar-refractivity contribution in [2.24, 2.45) is 0 Å². The number of rotatable bonds is 7. The van der Waals surface area contributed by atoms with E-state index in [2.05, 4.69) is 42.7 Å². The van der Waals surface area contributed by atoms with Crippen LogP contribution in [0.25, 0.3) is 33.2 Å². The van der Waals surface area contributed by atoms with E-state index in [0.29, 0.717) is 23.1 Å². The number of unbranched alkanes of at least 4 members (excludes halogenated alkanes) is 3. The van der Waals surface area contributed by atoms with Gasteiger partial charge >= 0.3 is 0 Å². The molecule has 0 amide bonds. The van der Waals surface area contributed by atoms with E-state index in [1.54, 1.807) is 10.9 Å². The molecule has 0 unspecified atom stereocenters. The molecule has 0 atom stereocenters. The molecular weight excluding hydrogens is 398 g/mol. The van der Waals surface area contributed by atoms with Gasteiger partial charge in [-0.25, -0.2) is 15.0 Å². The van der Waals surface area contributed by atoms with E-state index >= 15 is 0 Å². The van der Waals surface area contributed by atoms with Crippen LogP contribution in [0, 0.1) is 6.92 Å². The second kappa shape index (κ2) is 8.54. The summed E-state index contributed by atoms with van der Waals surface area (Å²) in [7, 11) is 0. The van der Waals surface area contributed by atoms with Crippen molar-refractivity contribution in [2.75, 3.05) is 0 Å². The molecule has 0 saturated heterocycles. The fourth-order valence-corrected chi connectivity index (χ4v) is 4.25. The summed E-state index contributed by atoms with van der Waals surface area (Å²) in [5, 5.41) is 0.559. The number of benzene rings is 2. The van der Waals surface area contributed by atoms with Gasteiger partial charge in [0.15, 0.2) is 11.3 Å². The first-order valence-electron chi connectivity index (χ1n) is 11.4. The summed E-state index contributed by atoms with van der Waals surface area (Å²) in [5.74, 6) is 0. The smallest absolute Gasteiger partial charge is 0.265 e. The second-order valence-electron chi connectivity index (χ2n) is 8.46. The van der Waals surface area contributed by atoms with Gasteiger partial charge in [0.1, 0.15) is 17.2 Å². The highest BCUT2D eigenvalue weighted by molar-refractivity contribution is 6.04. The van der Waals surface area contributed by atoms with Crippen molar-refractivity contribution in [3.63, 3.8) is 0 Å². The third-order valence-corrected chi connectivity index (χ3v) is 6.03. The van der Waals surface area contributed by atoms with Crippen LogP contribution in [-0.2, 0) is 13.1 Å². The highest BCUT2D eigenvalue weighted by atomic mass is 16.1. The first kappa shape index (κ1) is 20.4. The number of aryl methyl sites for hydroxylation is 2. The predicted molar refractivity (Wildman–Crippen MR) is 129 cm³/mol. The molecule has 0 saturated carbocycles. The van der Waals surface area contributed by atoms with E-state index in [-0.39, 0.29) is 5.56 Å². The van der Waals surface area contributed by atoms with E-state index in [9.17, 15) is 4.79 Å². The standard InChI is InChI=1S/C26H27N5O/c1-3-4-5-8-15-31-24-22(23-25(31)29-21-10-7-6-9-20(21)28-23)26(32)30(17-27-24)16-19-13-11-18(2)12-14-19/h6-7,9-14,17H,3-5,8,15-16H2,1-2H3. The zero-order chi connectivity index (χ0) is 22.1. The minimum Gasteiger partial charge on any atom is -0.308 e. The summed E-state index contributed by atoms with van der Waals surface area (Å²) in [4.78, 5) is 28.1. The highest BCUT2D eigenvalue weighted by Crippen LogP contribution is 2.25. The molecule has 3 aromatic heterocycles. The monoisotopic (exact) mass is 425 g/mol. The van der Waals surface area contributed by atoms with Gasteiger partial charge in [0.2, 0.25) is 0 Å². The molecule has 0 radical (unpaired) electrons. The van der Waals surface area contributed by atoms with E-state index in [0.717, 1.165) is 41.6 Å². The zero-order valence-electron chi connectivity index (χ0n) is 18.6. The topological polar surface area (TPSA) is 65.6 Å². The molecule has 0 bridgehead atoms. The Bertz CT molecular complexity index is 1460. The minimum atomic E-state index is -0.0718. The molecule has 0 N–H and O–H groups in total. The lowest BCUT2D eigenvalue weighted by Crippen LogP contribution is -2.21. The number of para-hydroxylation sites is 2. The molecule has 5 rings (SSSR count). The Morgan fingerprint density at radius 3 is 2.38 bits per heavy atom. The quantitative estimate of drug-likeness (QED) is 0.335. The normalized spacial score (nSPS) is 11.7. The molecule has 6 nitrogen and oxygen atoms in total. The van der Waals surface area contributed by atoms with Crippen LogP contribution in [-0.4, -0.2) is 24.1 Å². The molecule has 162 valence electrons. The van der Waals surface area contributed by atoms with E-state index < -0.39 is 0 Å². The van der Waals surface area contributed by atoms with Crippen LogP contribution in [0.1, 0.15) is 43.7 Å². The summed E-state index contributed by atoms with van der Waals surface area (Å²) in [6.45, 7) is 5.52. The Morgan fingerprint density at radius 1 is 0.875 bits per heavy atom. The molecule has 32 heavy (non-hydrogen) atoms. The van der Waals surface area contributed by atoms with Crippen LogP contribution in [0.2, 0.25) is 0 Å². The van der Waals surface area contributed by atoms with Gasteiger partial charge in [0, 0.05) is 6.54 Å². The SMILES string of the molecule is CCCCCCn1c2nc3ccccc3nc2c2c(=O)n(Cc3ccc(C)cc3)cnc21. The number of hydrogen-bond donors (Lipinski definition) is 0. The van der Waals surface area contributed by atoms with Crippen molar-refractivity contribution >= 4 is 33.2 Å². The summed E-state index contributed by atoms with van der Waals surface area (Å²) >= 11 is 0. The van der Waals surface area contributed by atoms with Gasteiger partial charge in [-0.15, -0.1) is 0 Å². The second-order valence-corrected chi connectivity index (χ2v) is 8.46. The van der Waals surface area contributed by atoms with E-state index in [1.165, 1.54) is 18.4 Å². The van der Waals surface area contributed by atoms with Crippen molar-refractivity contribution in [3.8, 4) is 0 Å². The molecule has 0 aliphatic heterocycles. The Hall–Kier alpha value is -3.54. The molecule has 5 aromatic rings. The average Bonchev–Trinajstić information content (AvgIpc) is 3.11. The van der Waals surface area contributed by atoms with Crippen LogP contribution in [0.4, 0.5) is 0 Å². The van der Waals surface area contributed by atoms with Crippen molar-refractivity contribution in [1.82, 2.24) is 24.1 Å². The van der Waals surface area contributed by atoms with Crippen LogP contribution in [0.15, 0.2) is 59.7 Å². The number of aromatic nitrogens is 5. The lowest BCUT2D eigenvalue weighted by atomic mass is 10.1. The van der Waals surface area contributed by atoms with Crippen LogP contribution in [0.3, 0.4) is 0 Å². The highest BCUT2D eigenvalue weighted by Gasteiger charge is 2.19. The van der Waals surface area contributed by atoms with Gasteiger partial charge in [-0.3, -0.25) is 9.36 Å². The van der Waals surface area contributed by atoms with E-state index in [4.69, 9.17) is 15.0 Å². The fraction of sp³-hybridized carbons (Fsp3) is 0.308. The fourth-order valence-electron chi connectivity index (χ4n) is 4.25. The van der Waals surface area contributed by atoms with Gasteiger partial charge in [-0.2, -0.15) is 0 Å². The van der Waals surface area contributed by atoms with Crippen molar-refractivity contribution in [3.05, 3.63) is 76.3 Å². The maximum Gasteiger partial charge on any atom is 0.265 e. The first-order valence-corrected chi connectivity index (χ1v) is 11.4. The molecule has 0 spiro atoms. The zero-order valence-corrected chi connectivity index (χ0v) is 18.6. The van der Waals surface area contributed by atoms with Crippen molar-refractivity contribution < 1.29 is 0 Å². The Morgan fingerprint density at radius 2 is 1.62 bits per heavy atom. The Labute approximate surface area is 186 Å². The third-order valence-electron chi connectivity index (χ3n) is 6.03. The molecule has 2 aromatic carbocycles. The van der Waals surface area contributed by atoms with Gasteiger partial charge in [0.25, 0.3) is 5.56 Å². The average molecular weight is 426 g/mol. The maximum absolute atomic E-state index is 13.6. The molecule has 0 fully saturated rings. The van der Waals surface area contributed by atoms with Crippen molar-refractivity contribution in [2.45, 2.75) is 52.6 Å². The van der Waals surface area contributed by atoms with E-state index in [1.807, 2.05) is 24.3 Å². The third kappa shape index (κ3) is 3.66. The summed E-state index contributed by atoms with van der Waals surface area (Å²) < 4.78 is 3.75. The summed E-state index contributed by atoms with van der Waals surface area (Å²) in [6, 6.07) is 16.0. The van der Waals surface area contributed by atoms with Crippen molar-refractivity contribution in [1.29, 1.82) is 0 Å². The number of fused-ring (bicyclic) bond motifs is 4. The predicted octanol–water partition coefficient (Wildman–Crippen LogP) is 5.23. The summed E-state index contributed by atoms with van der Waals surface area (Å²) in [6.07, 6.45) is 6.20. The molecule has 0 aliphatic carbocycles. The molecule has 0 aliphatic rings. The molecule has 3 heterocycles. The largest absolute Gasteiger partial charge is 0.308 e. The molecular formula is C26H27N5O.